The molecule has 2 fully saturated rings. The van der Waals surface area contributed by atoms with Gasteiger partial charge in [0, 0.05) is 30.6 Å². The number of nitriles is 1. The van der Waals surface area contributed by atoms with Crippen LogP contribution in [0.2, 0.25) is 5.02 Å². The zero-order valence-corrected chi connectivity index (χ0v) is 17.0. The number of unbranched alkanes of at least 4 members (excludes halogenated alkanes) is 1. The first kappa shape index (κ1) is 21.6. The molecular weight excluding hydrogens is 387 g/mol. The maximum absolute atomic E-state index is 12.8. The number of nitrogens with one attached hydrogen (secondary N) is 1. The molecule has 27 heavy (non-hydrogen) atoms. The summed E-state index contributed by atoms with van der Waals surface area (Å²) in [6.45, 7) is 0.354. The largest absolute Gasteiger partial charge is 0.493 e. The highest BCUT2D eigenvalue weighted by Crippen LogP contribution is 2.35. The molecule has 1 aromatic rings. The molecule has 2 aliphatic heterocycles. The van der Waals surface area contributed by atoms with E-state index in [0.29, 0.717) is 53.6 Å². The number of amides is 1. The van der Waals surface area contributed by atoms with Gasteiger partial charge < -0.3 is 20.7 Å². The maximum Gasteiger partial charge on any atom is 0.255 e. The highest BCUT2D eigenvalue weighted by Gasteiger charge is 2.39. The Morgan fingerprint density at radius 2 is 2.07 bits per heavy atom. The number of hydrogen-bond donors (Lipinski definition) is 2. The van der Waals surface area contributed by atoms with Gasteiger partial charge >= 0.3 is 0 Å². The molecule has 2 bridgehead atoms. The number of nitrogens with zero attached hydrogens (tertiary/aromatic N) is 2. The lowest BCUT2D eigenvalue weighted by atomic mass is 9.97. The molecule has 148 valence electrons. The first-order chi connectivity index (χ1) is 12.5. The monoisotopic (exact) mass is 412 g/mol. The summed E-state index contributed by atoms with van der Waals surface area (Å²) in [6, 6.07) is 6.49. The zero-order chi connectivity index (χ0) is 18.7. The Morgan fingerprint density at radius 1 is 1.41 bits per heavy atom. The van der Waals surface area contributed by atoms with Crippen LogP contribution in [0.5, 0.6) is 5.75 Å². The second-order valence-electron chi connectivity index (χ2n) is 7.17. The van der Waals surface area contributed by atoms with Crippen LogP contribution >= 0.6 is 24.0 Å². The molecule has 3 rings (SSSR count). The lowest BCUT2D eigenvalue weighted by Gasteiger charge is -2.36. The van der Waals surface area contributed by atoms with Gasteiger partial charge in [-0.15, -0.1) is 12.4 Å². The molecule has 2 heterocycles. The summed E-state index contributed by atoms with van der Waals surface area (Å²) in [4.78, 5) is 15.3. The van der Waals surface area contributed by atoms with Crippen molar-refractivity contribution in [3.63, 3.8) is 0 Å². The van der Waals surface area contributed by atoms with Crippen LogP contribution in [0.4, 0.5) is 5.69 Å². The summed E-state index contributed by atoms with van der Waals surface area (Å²) < 4.78 is 5.70. The van der Waals surface area contributed by atoms with Gasteiger partial charge in [-0.2, -0.15) is 5.26 Å². The van der Waals surface area contributed by atoms with Crippen molar-refractivity contribution in [1.29, 1.82) is 5.26 Å². The van der Waals surface area contributed by atoms with Crippen molar-refractivity contribution in [2.75, 3.05) is 19.4 Å². The molecule has 3 N–H and O–H groups in total. The number of carbonyl (C=O) groups excluding carboxylic acids is 1. The van der Waals surface area contributed by atoms with E-state index in [1.165, 1.54) is 12.8 Å². The summed E-state index contributed by atoms with van der Waals surface area (Å²) in [7, 11) is 2.17. The fourth-order valence-electron chi connectivity index (χ4n) is 3.99. The summed E-state index contributed by atoms with van der Waals surface area (Å²) in [5, 5.41) is 12.1. The lowest BCUT2D eigenvalue weighted by Crippen LogP contribution is -2.48. The van der Waals surface area contributed by atoms with Gasteiger partial charge in [0.25, 0.3) is 5.91 Å². The minimum Gasteiger partial charge on any atom is -0.493 e. The normalized spacial score (nSPS) is 24.0. The van der Waals surface area contributed by atoms with Gasteiger partial charge in [0.05, 0.1) is 28.9 Å². The van der Waals surface area contributed by atoms with E-state index in [0.717, 1.165) is 12.8 Å². The van der Waals surface area contributed by atoms with Gasteiger partial charge in [0.15, 0.2) is 0 Å². The number of fused-ring (bicyclic) bond motifs is 2. The van der Waals surface area contributed by atoms with Gasteiger partial charge in [0.2, 0.25) is 0 Å². The third-order valence-electron chi connectivity index (χ3n) is 5.47. The summed E-state index contributed by atoms with van der Waals surface area (Å²) in [5.41, 5.74) is 6.63. The minimum absolute atomic E-state index is 0. The Hall–Kier alpha value is -1.68. The molecule has 0 saturated carbocycles. The predicted molar refractivity (Wildman–Crippen MR) is 109 cm³/mol. The van der Waals surface area contributed by atoms with Crippen molar-refractivity contribution in [1.82, 2.24) is 10.2 Å². The maximum atomic E-state index is 12.8. The number of ether oxygens (including phenoxy) is 1. The Labute approximate surface area is 171 Å². The van der Waals surface area contributed by atoms with Crippen LogP contribution in [-0.2, 0) is 0 Å². The number of nitrogens with two attached hydrogens (primary N) is 1. The average molecular weight is 413 g/mol. The topological polar surface area (TPSA) is 91.4 Å². The third-order valence-corrected chi connectivity index (χ3v) is 5.79. The fraction of sp³-hybridized carbons (Fsp3) is 0.579. The third kappa shape index (κ3) is 4.98. The minimum atomic E-state index is -0.184. The number of carbonyl (C=O) groups is 1. The lowest BCUT2D eigenvalue weighted by molar-refractivity contribution is 0.0878. The van der Waals surface area contributed by atoms with E-state index in [1.54, 1.807) is 12.1 Å². The van der Waals surface area contributed by atoms with E-state index >= 15 is 0 Å². The molecule has 2 atom stereocenters. The fourth-order valence-corrected chi connectivity index (χ4v) is 4.16. The first-order valence-corrected chi connectivity index (χ1v) is 9.49. The highest BCUT2D eigenvalue weighted by atomic mass is 35.5. The van der Waals surface area contributed by atoms with E-state index in [2.05, 4.69) is 23.3 Å². The number of rotatable bonds is 6. The molecular formula is C19H26Cl2N4O2. The van der Waals surface area contributed by atoms with E-state index in [-0.39, 0.29) is 24.4 Å². The molecule has 0 radical (unpaired) electrons. The quantitative estimate of drug-likeness (QED) is 0.551. The van der Waals surface area contributed by atoms with E-state index in [9.17, 15) is 4.79 Å². The molecule has 1 aromatic carbocycles. The van der Waals surface area contributed by atoms with E-state index in [4.69, 9.17) is 27.3 Å². The van der Waals surface area contributed by atoms with Crippen molar-refractivity contribution >= 4 is 35.6 Å². The first-order valence-electron chi connectivity index (χ1n) is 9.11. The number of piperidine rings is 1. The number of anilines is 1. The number of benzene rings is 1. The second-order valence-corrected chi connectivity index (χ2v) is 7.58. The van der Waals surface area contributed by atoms with Gasteiger partial charge in [-0.05, 0) is 45.2 Å². The van der Waals surface area contributed by atoms with E-state index in [1.807, 2.05) is 0 Å². The highest BCUT2D eigenvalue weighted by molar-refractivity contribution is 6.33. The van der Waals surface area contributed by atoms with Gasteiger partial charge in [0.1, 0.15) is 5.75 Å². The Kier molecular flexibility index (Phi) is 7.60. The van der Waals surface area contributed by atoms with Crippen molar-refractivity contribution < 1.29 is 9.53 Å². The molecule has 2 saturated heterocycles. The van der Waals surface area contributed by atoms with Crippen LogP contribution in [0.25, 0.3) is 0 Å². The molecule has 8 heteroatoms. The molecule has 2 aliphatic rings. The van der Waals surface area contributed by atoms with Crippen LogP contribution in [-0.4, -0.2) is 42.6 Å². The second kappa shape index (κ2) is 9.50. The molecule has 6 nitrogen and oxygen atoms in total. The number of hydrogen-bond acceptors (Lipinski definition) is 5. The summed E-state index contributed by atoms with van der Waals surface area (Å²) in [5.74, 6) is 0.231. The SMILES string of the molecule is CN1C2CCC1CC(NC(=O)c1cc(Cl)c(N)cc1OCCCC#N)C2.Cl. The van der Waals surface area contributed by atoms with Crippen LogP contribution in [0.3, 0.4) is 0 Å². The van der Waals surface area contributed by atoms with Crippen LogP contribution in [0.1, 0.15) is 48.9 Å². The van der Waals surface area contributed by atoms with Gasteiger partial charge in [-0.3, -0.25) is 4.79 Å². The standard InChI is InChI=1S/C19H25ClN4O2.ClH/c1-24-13-4-5-14(24)9-12(8-13)23-19(25)15-10-16(20)17(22)11-18(15)26-7-3-2-6-21;/h10-14H,2-5,7-9,22H2,1H3,(H,23,25);1H. The zero-order valence-electron chi connectivity index (χ0n) is 15.4. The molecule has 0 spiro atoms. The van der Waals surface area contributed by atoms with Crippen LogP contribution in [0, 0.1) is 11.3 Å². The van der Waals surface area contributed by atoms with Crippen LogP contribution in [0.15, 0.2) is 12.1 Å². The summed E-state index contributed by atoms with van der Waals surface area (Å²) >= 11 is 6.12. The molecule has 1 amide bonds. The Bertz CT molecular complexity index is 708. The smallest absolute Gasteiger partial charge is 0.255 e. The van der Waals surface area contributed by atoms with Gasteiger partial charge in [-0.25, -0.2) is 0 Å². The van der Waals surface area contributed by atoms with Crippen LogP contribution < -0.4 is 15.8 Å². The van der Waals surface area contributed by atoms with E-state index < -0.39 is 0 Å². The predicted octanol–water partition coefficient (Wildman–Crippen LogP) is 3.38. The Morgan fingerprint density at radius 3 is 2.70 bits per heavy atom. The number of halogens is 2. The average Bonchev–Trinajstić information content (AvgIpc) is 2.82. The molecule has 2 unspecified atom stereocenters. The van der Waals surface area contributed by atoms with Crippen molar-refractivity contribution in [2.24, 2.45) is 0 Å². The number of nitrogen functional groups attached to an aromatic ring is 1. The van der Waals surface area contributed by atoms with Crippen molar-refractivity contribution in [3.8, 4) is 11.8 Å². The summed E-state index contributed by atoms with van der Waals surface area (Å²) in [6.07, 6.45) is 5.35. The van der Waals surface area contributed by atoms with Crippen molar-refractivity contribution in [3.05, 3.63) is 22.7 Å². The molecule has 0 aliphatic carbocycles. The Balaban J connectivity index is 0.00000261. The van der Waals surface area contributed by atoms with Gasteiger partial charge in [-0.1, -0.05) is 11.6 Å². The molecule has 0 aromatic heterocycles. The van der Waals surface area contributed by atoms with Crippen molar-refractivity contribution in [2.45, 2.75) is 56.7 Å².